The van der Waals surface area contributed by atoms with Crippen molar-refractivity contribution in [2.75, 3.05) is 0 Å². The zero-order valence-corrected chi connectivity index (χ0v) is 5.83. The smallest absolute Gasteiger partial charge is 0.206 e. The maximum Gasteiger partial charge on any atom is 0.206 e. The molecule has 0 spiro atoms. The number of ether oxygens (including phenoxy) is 1. The number of halogens is 2. The minimum Gasteiger partial charge on any atom is -0.346 e. The molecule has 0 atom stereocenters. The van der Waals surface area contributed by atoms with Crippen molar-refractivity contribution in [3.05, 3.63) is 0 Å². The van der Waals surface area contributed by atoms with Crippen LogP contribution in [0, 0.1) is 0 Å². The molecule has 0 bridgehead atoms. The summed E-state index contributed by atoms with van der Waals surface area (Å²) in [6.07, 6.45) is 0.111. The molecule has 0 amide bonds. The van der Waals surface area contributed by atoms with Crippen LogP contribution in [0.15, 0.2) is 0 Å². The van der Waals surface area contributed by atoms with E-state index in [0.29, 0.717) is 0 Å². The molecule has 0 N–H and O–H groups in total. The summed E-state index contributed by atoms with van der Waals surface area (Å²) in [6.45, 7) is 3.75. The Hall–Kier alpha value is 0.540. The first-order chi connectivity index (χ1) is 3.13. The molecule has 7 heavy (non-hydrogen) atoms. The quantitative estimate of drug-likeness (QED) is 0.538. The van der Waals surface area contributed by atoms with Crippen LogP contribution in [0.2, 0.25) is 0 Å². The Morgan fingerprint density at radius 2 is 1.71 bits per heavy atom. The minimum atomic E-state index is -0.681. The van der Waals surface area contributed by atoms with Gasteiger partial charge in [0.05, 0.1) is 6.10 Å². The van der Waals surface area contributed by atoms with Gasteiger partial charge >= 0.3 is 0 Å². The molecule has 0 aromatic carbocycles. The monoisotopic (exact) mass is 142 g/mol. The van der Waals surface area contributed by atoms with E-state index in [4.69, 9.17) is 27.9 Å². The van der Waals surface area contributed by atoms with Crippen molar-refractivity contribution in [3.8, 4) is 0 Å². The second kappa shape index (κ2) is 3.53. The Balaban J connectivity index is 2.95. The van der Waals surface area contributed by atoms with Gasteiger partial charge in [0, 0.05) is 0 Å². The van der Waals surface area contributed by atoms with Gasteiger partial charge < -0.3 is 4.74 Å². The summed E-state index contributed by atoms with van der Waals surface area (Å²) in [5, 5.41) is -0.681. The van der Waals surface area contributed by atoms with Gasteiger partial charge in [0.15, 0.2) is 0 Å². The number of alkyl halides is 2. The van der Waals surface area contributed by atoms with E-state index in [1.54, 1.807) is 0 Å². The molecular formula is C4H8Cl2O. The van der Waals surface area contributed by atoms with Crippen molar-refractivity contribution in [2.24, 2.45) is 0 Å². The first kappa shape index (κ1) is 7.54. The summed E-state index contributed by atoms with van der Waals surface area (Å²) in [5.41, 5.74) is 0. The van der Waals surface area contributed by atoms with Crippen LogP contribution in [0.3, 0.4) is 0 Å². The summed E-state index contributed by atoms with van der Waals surface area (Å²) in [6, 6.07) is 0. The van der Waals surface area contributed by atoms with Gasteiger partial charge in [-0.05, 0) is 13.8 Å². The Kier molecular flexibility index (Phi) is 3.80. The molecule has 0 fully saturated rings. The normalized spacial score (nSPS) is 11.1. The lowest BCUT2D eigenvalue weighted by Gasteiger charge is -2.05. The Morgan fingerprint density at radius 3 is 1.71 bits per heavy atom. The van der Waals surface area contributed by atoms with E-state index in [2.05, 4.69) is 0 Å². The van der Waals surface area contributed by atoms with Crippen LogP contribution in [0.25, 0.3) is 0 Å². The van der Waals surface area contributed by atoms with E-state index < -0.39 is 5.02 Å². The molecule has 0 rings (SSSR count). The molecule has 0 unspecified atom stereocenters. The van der Waals surface area contributed by atoms with E-state index in [1.165, 1.54) is 0 Å². The Labute approximate surface area is 53.6 Å². The van der Waals surface area contributed by atoms with E-state index in [0.717, 1.165) is 0 Å². The summed E-state index contributed by atoms with van der Waals surface area (Å²) in [7, 11) is 0. The fourth-order valence-corrected chi connectivity index (χ4v) is 0.617. The predicted molar refractivity (Wildman–Crippen MR) is 31.7 cm³/mol. The molecule has 1 nitrogen and oxygen atoms in total. The van der Waals surface area contributed by atoms with Gasteiger partial charge in [-0.3, -0.25) is 0 Å². The van der Waals surface area contributed by atoms with Crippen molar-refractivity contribution in [1.29, 1.82) is 0 Å². The van der Waals surface area contributed by atoms with Gasteiger partial charge in [-0.15, -0.1) is 0 Å². The second-order valence-corrected chi connectivity index (χ2v) is 2.46. The fourth-order valence-electron chi connectivity index (χ4n) is 0.206. The lowest BCUT2D eigenvalue weighted by atomic mass is 10.5. The van der Waals surface area contributed by atoms with Crippen molar-refractivity contribution in [1.82, 2.24) is 0 Å². The Bertz CT molecular complexity index is 39.0. The molecule has 0 saturated heterocycles. The Morgan fingerprint density at radius 1 is 1.29 bits per heavy atom. The average Bonchev–Trinajstić information content (AvgIpc) is 1.27. The summed E-state index contributed by atoms with van der Waals surface area (Å²) in [4.78, 5) is 0. The highest BCUT2D eigenvalue weighted by molar-refractivity contribution is 6.43. The largest absolute Gasteiger partial charge is 0.346 e. The maximum absolute atomic E-state index is 5.22. The highest BCUT2D eigenvalue weighted by Gasteiger charge is 1.98. The highest BCUT2D eigenvalue weighted by atomic mass is 35.5. The van der Waals surface area contributed by atoms with E-state index in [-0.39, 0.29) is 6.10 Å². The van der Waals surface area contributed by atoms with Crippen LogP contribution in [0.4, 0.5) is 0 Å². The van der Waals surface area contributed by atoms with Crippen LogP contribution >= 0.6 is 23.2 Å². The van der Waals surface area contributed by atoms with Crippen LogP contribution in [-0.4, -0.2) is 11.1 Å². The molecule has 0 saturated carbocycles. The van der Waals surface area contributed by atoms with Crippen LogP contribution < -0.4 is 0 Å². The van der Waals surface area contributed by atoms with Gasteiger partial charge in [-0.25, -0.2) is 0 Å². The van der Waals surface area contributed by atoms with Crippen molar-refractivity contribution >= 4 is 23.2 Å². The zero-order chi connectivity index (χ0) is 5.86. The fraction of sp³-hybridized carbons (Fsp3) is 1.00. The van der Waals surface area contributed by atoms with Crippen molar-refractivity contribution in [2.45, 2.75) is 25.0 Å². The molecule has 0 aromatic heterocycles. The van der Waals surface area contributed by atoms with Gasteiger partial charge in [-0.2, -0.15) is 0 Å². The lowest BCUT2D eigenvalue weighted by Crippen LogP contribution is -2.05. The van der Waals surface area contributed by atoms with Crippen LogP contribution in [0.1, 0.15) is 13.8 Å². The number of hydrogen-bond acceptors (Lipinski definition) is 1. The minimum absolute atomic E-state index is 0.111. The van der Waals surface area contributed by atoms with Crippen molar-refractivity contribution in [3.63, 3.8) is 0 Å². The molecule has 3 heteroatoms. The van der Waals surface area contributed by atoms with Gasteiger partial charge in [0.25, 0.3) is 0 Å². The van der Waals surface area contributed by atoms with E-state index in [1.807, 2.05) is 13.8 Å². The summed E-state index contributed by atoms with van der Waals surface area (Å²) in [5.74, 6) is 0. The van der Waals surface area contributed by atoms with E-state index in [9.17, 15) is 0 Å². The summed E-state index contributed by atoms with van der Waals surface area (Å²) < 4.78 is 4.78. The SMILES string of the molecule is CC(C)OC(Cl)Cl. The topological polar surface area (TPSA) is 9.23 Å². The van der Waals surface area contributed by atoms with Gasteiger partial charge in [-0.1, -0.05) is 23.2 Å². The first-order valence-corrected chi connectivity index (χ1v) is 2.94. The number of hydrogen-bond donors (Lipinski definition) is 0. The number of rotatable bonds is 2. The molecule has 0 aliphatic heterocycles. The van der Waals surface area contributed by atoms with Crippen LogP contribution in [-0.2, 0) is 4.74 Å². The third-order valence-electron chi connectivity index (χ3n) is 0.375. The molecule has 0 aromatic rings. The standard InChI is InChI=1S/C4H8Cl2O/c1-3(2)7-4(5)6/h3-4H,1-2H3. The lowest BCUT2D eigenvalue weighted by molar-refractivity contribution is 0.0954. The maximum atomic E-state index is 5.22. The molecule has 0 radical (unpaired) electrons. The van der Waals surface area contributed by atoms with Crippen LogP contribution in [0.5, 0.6) is 0 Å². The van der Waals surface area contributed by atoms with Gasteiger partial charge in [0.1, 0.15) is 0 Å². The zero-order valence-electron chi connectivity index (χ0n) is 4.32. The third kappa shape index (κ3) is 6.54. The molecule has 0 heterocycles. The van der Waals surface area contributed by atoms with E-state index >= 15 is 0 Å². The highest BCUT2D eigenvalue weighted by Crippen LogP contribution is 2.05. The second-order valence-electron chi connectivity index (χ2n) is 1.45. The molecule has 0 aliphatic carbocycles. The van der Waals surface area contributed by atoms with Gasteiger partial charge in [0.2, 0.25) is 5.02 Å². The summed E-state index contributed by atoms with van der Waals surface area (Å²) >= 11 is 10.4. The molecule has 44 valence electrons. The van der Waals surface area contributed by atoms with Crippen molar-refractivity contribution < 1.29 is 4.74 Å². The molecular weight excluding hydrogens is 135 g/mol. The first-order valence-electron chi connectivity index (χ1n) is 2.06. The third-order valence-corrected chi connectivity index (χ3v) is 0.581. The predicted octanol–water partition coefficient (Wildman–Crippen LogP) is 2.17. The average molecular weight is 143 g/mol. The molecule has 0 aliphatic rings.